The molecule has 0 aliphatic carbocycles. The topological polar surface area (TPSA) is 99.5 Å². The van der Waals surface area contributed by atoms with Gasteiger partial charge in [-0.3, -0.25) is 9.48 Å². The first-order valence-corrected chi connectivity index (χ1v) is 11.7. The second kappa shape index (κ2) is 11.9. The van der Waals surface area contributed by atoms with Gasteiger partial charge in [0, 0.05) is 42.6 Å². The molecular formula is C26H30F3N5O3. The van der Waals surface area contributed by atoms with Crippen LogP contribution in [0.4, 0.5) is 24.5 Å². The number of aliphatic carboxylic acids is 1. The van der Waals surface area contributed by atoms with E-state index >= 15 is 0 Å². The summed E-state index contributed by atoms with van der Waals surface area (Å²) in [5, 5.41) is 18.4. The molecule has 0 saturated carbocycles. The molecule has 2 heterocycles. The Kier molecular flexibility index (Phi) is 8.93. The molecule has 1 amide bonds. The second-order valence-electron chi connectivity index (χ2n) is 8.71. The van der Waals surface area contributed by atoms with E-state index in [1.165, 1.54) is 0 Å². The van der Waals surface area contributed by atoms with E-state index in [1.807, 2.05) is 41.0 Å². The van der Waals surface area contributed by atoms with Crippen LogP contribution in [0.25, 0.3) is 11.1 Å². The summed E-state index contributed by atoms with van der Waals surface area (Å²) in [6.07, 6.45) is -0.246. The lowest BCUT2D eigenvalue weighted by molar-refractivity contribution is -0.192. The van der Waals surface area contributed by atoms with Crippen molar-refractivity contribution in [3.05, 3.63) is 66.5 Å². The summed E-state index contributed by atoms with van der Waals surface area (Å²) in [4.78, 5) is 23.2. The van der Waals surface area contributed by atoms with Crippen molar-refractivity contribution in [2.75, 3.05) is 23.8 Å². The highest BCUT2D eigenvalue weighted by atomic mass is 19.4. The fourth-order valence-corrected chi connectivity index (χ4v) is 4.26. The number of aromatic nitrogens is 2. The fourth-order valence-electron chi connectivity index (χ4n) is 4.26. The van der Waals surface area contributed by atoms with Crippen molar-refractivity contribution in [3.8, 4) is 11.1 Å². The number of anilines is 2. The number of likely N-dealkylation sites (N-methyl/N-ethyl adjacent to an activating group) is 1. The van der Waals surface area contributed by atoms with Gasteiger partial charge in [-0.05, 0) is 55.8 Å². The molecule has 1 aliphatic heterocycles. The maximum atomic E-state index is 12.4. The Balaban J connectivity index is 0.000000479. The average molecular weight is 518 g/mol. The van der Waals surface area contributed by atoms with Crippen LogP contribution in [0.15, 0.2) is 60.9 Å². The number of halogens is 3. The van der Waals surface area contributed by atoms with Crippen LogP contribution < -0.4 is 15.5 Å². The molecule has 8 nitrogen and oxygen atoms in total. The molecule has 2 atom stereocenters. The van der Waals surface area contributed by atoms with Gasteiger partial charge < -0.3 is 20.6 Å². The number of carbonyl (C=O) groups is 2. The van der Waals surface area contributed by atoms with Crippen LogP contribution in [-0.4, -0.2) is 52.6 Å². The molecule has 1 aromatic heterocycles. The predicted molar refractivity (Wildman–Crippen MR) is 135 cm³/mol. The van der Waals surface area contributed by atoms with Crippen molar-refractivity contribution in [3.63, 3.8) is 0 Å². The zero-order valence-corrected chi connectivity index (χ0v) is 20.8. The predicted octanol–water partition coefficient (Wildman–Crippen LogP) is 4.70. The van der Waals surface area contributed by atoms with E-state index in [1.54, 1.807) is 6.92 Å². The van der Waals surface area contributed by atoms with Crippen molar-refractivity contribution in [1.82, 2.24) is 15.1 Å². The van der Waals surface area contributed by atoms with Crippen LogP contribution in [0.5, 0.6) is 0 Å². The molecule has 11 heteroatoms. The van der Waals surface area contributed by atoms with Crippen molar-refractivity contribution in [2.24, 2.45) is 0 Å². The normalized spacial score (nSPS) is 16.9. The molecule has 0 radical (unpaired) electrons. The lowest BCUT2D eigenvalue weighted by Gasteiger charge is -2.39. The number of hydrogen-bond donors (Lipinski definition) is 3. The molecule has 0 spiro atoms. The van der Waals surface area contributed by atoms with Crippen LogP contribution >= 0.6 is 0 Å². The number of fused-ring (bicyclic) bond motifs is 1. The smallest absolute Gasteiger partial charge is 0.475 e. The number of nitrogens with zero attached hydrogens (tertiary/aromatic N) is 3. The van der Waals surface area contributed by atoms with Gasteiger partial charge in [0.05, 0.1) is 18.8 Å². The van der Waals surface area contributed by atoms with Crippen LogP contribution in [-0.2, 0) is 16.1 Å². The van der Waals surface area contributed by atoms with E-state index in [9.17, 15) is 18.0 Å². The summed E-state index contributed by atoms with van der Waals surface area (Å²) in [5.74, 6) is -2.68. The highest BCUT2D eigenvalue weighted by molar-refractivity contribution is 5.94. The number of alkyl halides is 3. The lowest BCUT2D eigenvalue weighted by Crippen LogP contribution is -2.43. The van der Waals surface area contributed by atoms with E-state index < -0.39 is 12.1 Å². The Labute approximate surface area is 213 Å². The van der Waals surface area contributed by atoms with Gasteiger partial charge in [0.15, 0.2) is 0 Å². The maximum absolute atomic E-state index is 12.4. The monoisotopic (exact) mass is 517 g/mol. The number of carboxylic acid groups (broad SMARTS) is 1. The van der Waals surface area contributed by atoms with E-state index in [2.05, 4.69) is 59.2 Å². The molecule has 3 N–H and O–H groups in total. The SMILES string of the molecule is CNCCn1cc(-c2ccc3c(c2)[C@H](Nc2ccccc2)C[C@H](C)N3C(C)=O)cn1.O=C(O)C(F)(F)F. The van der Waals surface area contributed by atoms with Crippen molar-refractivity contribution >= 4 is 23.3 Å². The number of benzene rings is 2. The van der Waals surface area contributed by atoms with E-state index in [0.29, 0.717) is 0 Å². The van der Waals surface area contributed by atoms with E-state index in [0.717, 1.165) is 47.6 Å². The molecule has 3 aromatic rings. The first-order valence-electron chi connectivity index (χ1n) is 11.7. The highest BCUT2D eigenvalue weighted by Gasteiger charge is 2.38. The Morgan fingerprint density at radius 3 is 2.41 bits per heavy atom. The first kappa shape index (κ1) is 27.7. The van der Waals surface area contributed by atoms with Gasteiger partial charge in [-0.25, -0.2) is 4.79 Å². The Morgan fingerprint density at radius 1 is 1.14 bits per heavy atom. The van der Waals surface area contributed by atoms with Gasteiger partial charge in [-0.1, -0.05) is 24.3 Å². The average Bonchev–Trinajstić information content (AvgIpc) is 3.32. The number of amides is 1. The summed E-state index contributed by atoms with van der Waals surface area (Å²) in [6.45, 7) is 5.46. The van der Waals surface area contributed by atoms with Crippen LogP contribution in [0.2, 0.25) is 0 Å². The van der Waals surface area contributed by atoms with Crippen LogP contribution in [0.1, 0.15) is 31.9 Å². The van der Waals surface area contributed by atoms with Crippen LogP contribution in [0, 0.1) is 0 Å². The minimum Gasteiger partial charge on any atom is -0.475 e. The third kappa shape index (κ3) is 7.10. The minimum absolute atomic E-state index is 0.0783. The fraction of sp³-hybridized carbons (Fsp3) is 0.346. The summed E-state index contributed by atoms with van der Waals surface area (Å²) in [5.41, 5.74) is 5.42. The van der Waals surface area contributed by atoms with Gasteiger partial charge in [-0.2, -0.15) is 18.3 Å². The molecule has 37 heavy (non-hydrogen) atoms. The first-order chi connectivity index (χ1) is 17.5. The summed E-state index contributed by atoms with van der Waals surface area (Å²) in [6, 6.07) is 16.9. The quantitative estimate of drug-likeness (QED) is 0.438. The van der Waals surface area contributed by atoms with Gasteiger partial charge in [-0.15, -0.1) is 0 Å². The maximum Gasteiger partial charge on any atom is 0.490 e. The Hall–Kier alpha value is -3.86. The molecule has 0 saturated heterocycles. The van der Waals surface area contributed by atoms with E-state index in [4.69, 9.17) is 9.90 Å². The second-order valence-corrected chi connectivity index (χ2v) is 8.71. The summed E-state index contributed by atoms with van der Waals surface area (Å²) in [7, 11) is 1.94. The van der Waals surface area contributed by atoms with Crippen molar-refractivity contribution in [2.45, 2.75) is 45.1 Å². The van der Waals surface area contributed by atoms with Gasteiger partial charge in [0.1, 0.15) is 0 Å². The third-order valence-electron chi connectivity index (χ3n) is 5.93. The standard InChI is InChI=1S/C24H29N5O.C2HF3O2/c1-17-13-23(27-21-7-5-4-6-8-21)22-14-19(9-10-24(22)29(17)18(2)30)20-15-26-28(16-20)12-11-25-3;3-2(4,5)1(6)7/h4-10,14-17,23,25,27H,11-13H2,1-3H3;(H,6,7)/t17-,23+;/m0./s1. The van der Waals surface area contributed by atoms with Gasteiger partial charge in [0.25, 0.3) is 0 Å². The minimum atomic E-state index is -5.08. The van der Waals surface area contributed by atoms with Crippen LogP contribution in [0.3, 0.4) is 0 Å². The number of carboxylic acids is 1. The molecule has 4 rings (SSSR count). The summed E-state index contributed by atoms with van der Waals surface area (Å²) >= 11 is 0. The Bertz CT molecular complexity index is 1210. The molecule has 0 bridgehead atoms. The number of carbonyl (C=O) groups excluding carboxylic acids is 1. The van der Waals surface area contributed by atoms with Gasteiger partial charge in [0.2, 0.25) is 5.91 Å². The van der Waals surface area contributed by atoms with E-state index in [-0.39, 0.29) is 18.0 Å². The van der Waals surface area contributed by atoms with Gasteiger partial charge >= 0.3 is 12.1 Å². The summed E-state index contributed by atoms with van der Waals surface area (Å²) < 4.78 is 33.7. The molecular weight excluding hydrogens is 487 g/mol. The zero-order chi connectivity index (χ0) is 27.2. The number of nitrogens with one attached hydrogen (secondary N) is 2. The lowest BCUT2D eigenvalue weighted by atomic mass is 9.89. The third-order valence-corrected chi connectivity index (χ3v) is 5.93. The molecule has 2 aromatic carbocycles. The number of rotatable bonds is 6. The molecule has 1 aliphatic rings. The Morgan fingerprint density at radius 2 is 1.81 bits per heavy atom. The number of hydrogen-bond acceptors (Lipinski definition) is 5. The van der Waals surface area contributed by atoms with Crippen molar-refractivity contribution < 1.29 is 27.9 Å². The van der Waals surface area contributed by atoms with Crippen molar-refractivity contribution in [1.29, 1.82) is 0 Å². The molecule has 0 unspecified atom stereocenters. The highest BCUT2D eigenvalue weighted by Crippen LogP contribution is 2.41. The zero-order valence-electron chi connectivity index (χ0n) is 20.8. The number of para-hydroxylation sites is 1. The largest absolute Gasteiger partial charge is 0.490 e. The molecule has 198 valence electrons. The molecule has 0 fully saturated rings.